The smallest absolute Gasteiger partial charge is 0.161 e. The molecule has 0 amide bonds. The Morgan fingerprint density at radius 2 is 1.96 bits per heavy atom. The largest absolute Gasteiger partial charge is 0.489 e. The molecule has 0 saturated carbocycles. The summed E-state index contributed by atoms with van der Waals surface area (Å²) in [6.45, 7) is 0.500. The summed E-state index contributed by atoms with van der Waals surface area (Å²) in [5.74, 6) is 1.58. The van der Waals surface area contributed by atoms with E-state index in [1.54, 1.807) is 11.8 Å². The Morgan fingerprint density at radius 3 is 2.81 bits per heavy atom. The summed E-state index contributed by atoms with van der Waals surface area (Å²) in [5, 5.41) is 12.3. The third-order valence-electron chi connectivity index (χ3n) is 3.86. The molecule has 6 nitrogen and oxygen atoms in total. The molecule has 0 radical (unpaired) electrons. The van der Waals surface area contributed by atoms with E-state index in [1.807, 2.05) is 54.8 Å². The molecule has 2 aromatic carbocycles. The zero-order valence-electron chi connectivity index (χ0n) is 14.1. The van der Waals surface area contributed by atoms with Crippen LogP contribution in [0.15, 0.2) is 66.0 Å². The van der Waals surface area contributed by atoms with E-state index in [4.69, 9.17) is 4.74 Å². The van der Waals surface area contributed by atoms with Gasteiger partial charge >= 0.3 is 0 Å². The second-order valence-electron chi connectivity index (χ2n) is 5.61. The molecule has 0 bridgehead atoms. The molecule has 0 unspecified atom stereocenters. The average Bonchev–Trinajstić information content (AvgIpc) is 3.12. The maximum absolute atomic E-state index is 5.82. The van der Waals surface area contributed by atoms with Crippen molar-refractivity contribution < 1.29 is 4.74 Å². The van der Waals surface area contributed by atoms with Crippen molar-refractivity contribution in [2.45, 2.75) is 11.6 Å². The standard InChI is InChI=1S/C19H17N5OS/c1-26-19-16-17(20-12-21-18(16)23-24-19)22-14-7-5-6-13(10-14)11-25-15-8-3-2-4-9-15/h2-10,12H,11H2,1H3,(H2,20,21,22,23,24). The first kappa shape index (κ1) is 16.4. The molecule has 7 heteroatoms. The normalized spacial score (nSPS) is 10.8. The van der Waals surface area contributed by atoms with Crippen LogP contribution in [0.25, 0.3) is 11.0 Å². The van der Waals surface area contributed by atoms with Crippen LogP contribution in [0.2, 0.25) is 0 Å². The molecule has 2 N–H and O–H groups in total. The van der Waals surface area contributed by atoms with Crippen molar-refractivity contribution >= 4 is 34.3 Å². The van der Waals surface area contributed by atoms with Gasteiger partial charge in [-0.2, -0.15) is 5.10 Å². The Morgan fingerprint density at radius 1 is 1.08 bits per heavy atom. The van der Waals surface area contributed by atoms with Crippen LogP contribution in [-0.4, -0.2) is 26.4 Å². The number of rotatable bonds is 6. The van der Waals surface area contributed by atoms with Crippen LogP contribution < -0.4 is 10.1 Å². The van der Waals surface area contributed by atoms with Crippen molar-refractivity contribution in [3.05, 3.63) is 66.5 Å². The molecule has 0 aliphatic heterocycles. The van der Waals surface area contributed by atoms with Gasteiger partial charge in [0.15, 0.2) is 5.65 Å². The number of hydrogen-bond acceptors (Lipinski definition) is 6. The number of nitrogens with one attached hydrogen (secondary N) is 2. The molecule has 130 valence electrons. The summed E-state index contributed by atoms with van der Waals surface area (Å²) < 4.78 is 5.82. The van der Waals surface area contributed by atoms with Crippen molar-refractivity contribution in [3.8, 4) is 5.75 Å². The summed E-state index contributed by atoms with van der Waals surface area (Å²) in [4.78, 5) is 8.61. The second kappa shape index (κ2) is 7.45. The number of ether oxygens (including phenoxy) is 1. The third kappa shape index (κ3) is 3.48. The van der Waals surface area contributed by atoms with Gasteiger partial charge in [-0.15, -0.1) is 11.8 Å². The predicted molar refractivity (Wildman–Crippen MR) is 104 cm³/mol. The van der Waals surface area contributed by atoms with Gasteiger partial charge in [0.25, 0.3) is 0 Å². The van der Waals surface area contributed by atoms with Crippen molar-refractivity contribution in [2.24, 2.45) is 0 Å². The first-order valence-corrected chi connectivity index (χ1v) is 9.33. The van der Waals surface area contributed by atoms with Gasteiger partial charge in [-0.1, -0.05) is 30.3 Å². The van der Waals surface area contributed by atoms with E-state index in [0.29, 0.717) is 6.61 Å². The lowest BCUT2D eigenvalue weighted by molar-refractivity contribution is 0.306. The monoisotopic (exact) mass is 363 g/mol. The molecule has 0 aliphatic carbocycles. The van der Waals surface area contributed by atoms with Gasteiger partial charge in [-0.05, 0) is 36.1 Å². The molecule has 0 spiro atoms. The molecule has 0 saturated heterocycles. The maximum Gasteiger partial charge on any atom is 0.161 e. The van der Waals surface area contributed by atoms with Gasteiger partial charge < -0.3 is 10.1 Å². The second-order valence-corrected chi connectivity index (χ2v) is 6.40. The topological polar surface area (TPSA) is 75.7 Å². The maximum atomic E-state index is 5.82. The van der Waals surface area contributed by atoms with E-state index in [1.165, 1.54) is 6.33 Å². The zero-order chi connectivity index (χ0) is 17.8. The summed E-state index contributed by atoms with van der Waals surface area (Å²) in [5.41, 5.74) is 2.73. The van der Waals surface area contributed by atoms with Gasteiger partial charge in [0.1, 0.15) is 29.5 Å². The van der Waals surface area contributed by atoms with Crippen LogP contribution in [0.1, 0.15) is 5.56 Å². The number of aromatic nitrogens is 4. The molecular formula is C19H17N5OS. The van der Waals surface area contributed by atoms with Crippen LogP contribution in [-0.2, 0) is 6.61 Å². The Kier molecular flexibility index (Phi) is 4.70. The molecule has 26 heavy (non-hydrogen) atoms. The van der Waals surface area contributed by atoms with Crippen molar-refractivity contribution in [1.29, 1.82) is 0 Å². The molecule has 2 aromatic heterocycles. The van der Waals surface area contributed by atoms with E-state index in [0.717, 1.165) is 38.9 Å². The number of anilines is 2. The van der Waals surface area contributed by atoms with Crippen LogP contribution in [0.3, 0.4) is 0 Å². The van der Waals surface area contributed by atoms with Crippen LogP contribution in [0, 0.1) is 0 Å². The number of aromatic amines is 1. The highest BCUT2D eigenvalue weighted by Crippen LogP contribution is 2.29. The summed E-state index contributed by atoms with van der Waals surface area (Å²) in [6, 6.07) is 17.9. The van der Waals surface area contributed by atoms with Gasteiger partial charge in [0.2, 0.25) is 0 Å². The number of para-hydroxylation sites is 1. The minimum absolute atomic E-state index is 0.500. The van der Waals surface area contributed by atoms with Crippen molar-refractivity contribution in [1.82, 2.24) is 20.2 Å². The van der Waals surface area contributed by atoms with Gasteiger partial charge in [-0.25, -0.2) is 9.97 Å². The average molecular weight is 363 g/mol. The Bertz CT molecular complexity index is 1020. The number of hydrogen-bond donors (Lipinski definition) is 2. The SMILES string of the molecule is CSc1n[nH]c2ncnc(Nc3cccc(COc4ccccc4)c3)c12. The number of benzene rings is 2. The van der Waals surface area contributed by atoms with E-state index in [9.17, 15) is 0 Å². The Hall–Kier alpha value is -3.06. The zero-order valence-corrected chi connectivity index (χ0v) is 15.0. The van der Waals surface area contributed by atoms with Crippen LogP contribution in [0.4, 0.5) is 11.5 Å². The molecular weight excluding hydrogens is 346 g/mol. The van der Waals surface area contributed by atoms with Crippen molar-refractivity contribution in [2.75, 3.05) is 11.6 Å². The molecule has 2 heterocycles. The third-order valence-corrected chi connectivity index (χ3v) is 4.54. The van der Waals surface area contributed by atoms with E-state index in [-0.39, 0.29) is 0 Å². The number of thioether (sulfide) groups is 1. The first-order valence-electron chi connectivity index (χ1n) is 8.10. The van der Waals surface area contributed by atoms with Gasteiger partial charge in [0.05, 0.1) is 5.39 Å². The lowest BCUT2D eigenvalue weighted by Gasteiger charge is -2.10. The van der Waals surface area contributed by atoms with Gasteiger partial charge in [-0.3, -0.25) is 5.10 Å². The van der Waals surface area contributed by atoms with E-state index >= 15 is 0 Å². The fourth-order valence-corrected chi connectivity index (χ4v) is 3.17. The molecule has 4 aromatic rings. The lowest BCUT2D eigenvalue weighted by atomic mass is 10.2. The lowest BCUT2D eigenvalue weighted by Crippen LogP contribution is -1.99. The predicted octanol–water partition coefficient (Wildman–Crippen LogP) is 4.40. The fraction of sp³-hybridized carbons (Fsp3) is 0.105. The molecule has 0 fully saturated rings. The number of nitrogens with zero attached hydrogens (tertiary/aromatic N) is 3. The van der Waals surface area contributed by atoms with Gasteiger partial charge in [0, 0.05) is 5.69 Å². The quantitative estimate of drug-likeness (QED) is 0.495. The molecule has 0 aliphatic rings. The highest BCUT2D eigenvalue weighted by molar-refractivity contribution is 7.98. The highest BCUT2D eigenvalue weighted by atomic mass is 32.2. The van der Waals surface area contributed by atoms with Crippen LogP contribution in [0.5, 0.6) is 5.75 Å². The minimum atomic E-state index is 0.500. The van der Waals surface area contributed by atoms with Crippen molar-refractivity contribution in [3.63, 3.8) is 0 Å². The number of H-pyrrole nitrogens is 1. The Labute approximate surface area is 155 Å². The number of fused-ring (bicyclic) bond motifs is 1. The highest BCUT2D eigenvalue weighted by Gasteiger charge is 2.12. The fourth-order valence-electron chi connectivity index (χ4n) is 2.63. The summed E-state index contributed by atoms with van der Waals surface area (Å²) in [6.07, 6.45) is 3.50. The summed E-state index contributed by atoms with van der Waals surface area (Å²) in [7, 11) is 0. The summed E-state index contributed by atoms with van der Waals surface area (Å²) >= 11 is 1.56. The van der Waals surface area contributed by atoms with Crippen LogP contribution >= 0.6 is 11.8 Å². The minimum Gasteiger partial charge on any atom is -0.489 e. The molecule has 0 atom stereocenters. The van der Waals surface area contributed by atoms with E-state index < -0.39 is 0 Å². The molecule has 4 rings (SSSR count). The van der Waals surface area contributed by atoms with E-state index in [2.05, 4.69) is 31.5 Å². The first-order chi connectivity index (χ1) is 12.8. The Balaban J connectivity index is 1.55.